The highest BCUT2D eigenvalue weighted by Crippen LogP contribution is 2.28. The second-order valence-corrected chi connectivity index (χ2v) is 6.32. The first kappa shape index (κ1) is 22.7. The molecule has 0 spiro atoms. The summed E-state index contributed by atoms with van der Waals surface area (Å²) in [7, 11) is 0. The molecule has 0 bridgehead atoms. The first-order valence-corrected chi connectivity index (χ1v) is 10.7. The zero-order valence-electron chi connectivity index (χ0n) is 13.1. The first-order valence-electron chi connectivity index (χ1n) is 6.98. The van der Waals surface area contributed by atoms with Gasteiger partial charge in [-0.3, -0.25) is 0 Å². The van der Waals surface area contributed by atoms with E-state index in [9.17, 15) is 0 Å². The predicted molar refractivity (Wildman–Crippen MR) is 125 cm³/mol. The number of fused-ring (bicyclic) bond motifs is 1. The molecule has 1 aliphatic carbocycles. The monoisotopic (exact) mass is 645 g/mol. The van der Waals surface area contributed by atoms with Crippen LogP contribution in [0, 0.1) is 6.92 Å². The maximum absolute atomic E-state index is 5.82. The zero-order chi connectivity index (χ0) is 15.8. The van der Waals surface area contributed by atoms with Crippen molar-refractivity contribution in [2.75, 3.05) is 9.36 Å². The number of rotatable bonds is 2. The summed E-state index contributed by atoms with van der Waals surface area (Å²) in [6.07, 6.45) is 2.21. The molecule has 1 aromatic carbocycles. The van der Waals surface area contributed by atoms with E-state index in [4.69, 9.17) is 14.9 Å². The van der Waals surface area contributed by atoms with Crippen molar-refractivity contribution in [3.63, 3.8) is 0 Å². The van der Waals surface area contributed by atoms with Gasteiger partial charge in [0, 0.05) is 12.9 Å². The smallest absolute Gasteiger partial charge is 0.134 e. The summed E-state index contributed by atoms with van der Waals surface area (Å²) in [4.78, 5) is 1.97. The molecule has 6 heteroatoms. The zero-order valence-corrected chi connectivity index (χ0v) is 19.8. The average molecular weight is 645 g/mol. The van der Waals surface area contributed by atoms with Crippen molar-refractivity contribution >= 4 is 80.1 Å². The van der Waals surface area contributed by atoms with E-state index in [1.807, 2.05) is 36.1 Å². The number of hydrogen-bond acceptors (Lipinski definition) is 3. The van der Waals surface area contributed by atoms with Crippen molar-refractivity contribution in [2.45, 2.75) is 38.8 Å². The Bertz CT molecular complexity index is 545. The van der Waals surface area contributed by atoms with Crippen molar-refractivity contribution in [3.05, 3.63) is 30.0 Å². The number of benzene rings is 1. The van der Waals surface area contributed by atoms with Crippen LogP contribution in [0.3, 0.4) is 0 Å². The van der Waals surface area contributed by atoms with E-state index >= 15 is 0 Å². The quantitative estimate of drug-likeness (QED) is 0.324. The molecule has 1 aliphatic rings. The lowest BCUT2D eigenvalue weighted by atomic mass is 9.90. The summed E-state index contributed by atoms with van der Waals surface area (Å²) in [5.74, 6) is 1.84. The molecule has 0 amide bonds. The summed E-state index contributed by atoms with van der Waals surface area (Å²) < 4.78 is 12.5. The molecule has 3 rings (SSSR count). The summed E-state index contributed by atoms with van der Waals surface area (Å²) in [6, 6.07) is 8.28. The van der Waals surface area contributed by atoms with Crippen molar-refractivity contribution in [3.8, 4) is 5.75 Å². The van der Waals surface area contributed by atoms with Crippen LogP contribution in [0.4, 0.5) is 0 Å². The van der Waals surface area contributed by atoms with Gasteiger partial charge < -0.3 is 14.9 Å². The van der Waals surface area contributed by atoms with Gasteiger partial charge in [-0.2, -0.15) is 0 Å². The molecule has 0 aliphatic heterocycles. The molecule has 2 aromatic rings. The maximum atomic E-state index is 5.82. The number of alkyl halides is 2. The van der Waals surface area contributed by atoms with Crippen LogP contribution in [-0.2, 0) is 0 Å². The Morgan fingerprint density at radius 2 is 1.91 bits per heavy atom. The molecule has 2 N–H and O–H groups in total. The second kappa shape index (κ2) is 12.1. The van der Waals surface area contributed by atoms with E-state index in [0.717, 1.165) is 35.3 Å². The van der Waals surface area contributed by atoms with E-state index in [0.29, 0.717) is 12.1 Å². The standard InChI is InChI=1S/C13H15NO2.C2H5I.CH3I.HI.H2/c1-8-4-9-5-11(2-3-13(9)15-8)16-12-6-10(14)7-12;1-2-3;1-2;;/h2-5,10,12H,6-7,14H2,1H3;2H2,1H3;1H3;2*1H. The van der Waals surface area contributed by atoms with Gasteiger partial charge in [0.2, 0.25) is 0 Å². The number of ether oxygens (including phenoxy) is 1. The van der Waals surface area contributed by atoms with Gasteiger partial charge >= 0.3 is 0 Å². The van der Waals surface area contributed by atoms with Gasteiger partial charge in [0.1, 0.15) is 23.2 Å². The van der Waals surface area contributed by atoms with Crippen molar-refractivity contribution < 1.29 is 10.6 Å². The van der Waals surface area contributed by atoms with Gasteiger partial charge in [-0.15, -0.1) is 24.0 Å². The molecular weight excluding hydrogens is 619 g/mol. The van der Waals surface area contributed by atoms with Crippen LogP contribution in [0.15, 0.2) is 28.7 Å². The van der Waals surface area contributed by atoms with Gasteiger partial charge in [-0.1, -0.05) is 52.1 Å². The molecule has 1 aromatic heterocycles. The molecule has 0 saturated heterocycles. The largest absolute Gasteiger partial charge is 0.490 e. The van der Waals surface area contributed by atoms with Crippen molar-refractivity contribution in [1.82, 2.24) is 0 Å². The fourth-order valence-electron chi connectivity index (χ4n) is 2.12. The maximum Gasteiger partial charge on any atom is 0.134 e. The highest BCUT2D eigenvalue weighted by Gasteiger charge is 2.27. The Morgan fingerprint density at radius 1 is 1.32 bits per heavy atom. The minimum Gasteiger partial charge on any atom is -0.490 e. The highest BCUT2D eigenvalue weighted by molar-refractivity contribution is 14.1. The lowest BCUT2D eigenvalue weighted by Gasteiger charge is -2.32. The molecule has 1 saturated carbocycles. The van der Waals surface area contributed by atoms with Crippen molar-refractivity contribution in [1.29, 1.82) is 0 Å². The average Bonchev–Trinajstić information content (AvgIpc) is 2.79. The van der Waals surface area contributed by atoms with Crippen LogP contribution >= 0.6 is 69.2 Å². The number of aryl methyl sites for hydroxylation is 1. The number of hydrogen-bond donors (Lipinski definition) is 1. The van der Waals surface area contributed by atoms with E-state index in [-0.39, 0.29) is 25.4 Å². The molecule has 22 heavy (non-hydrogen) atoms. The lowest BCUT2D eigenvalue weighted by Crippen LogP contribution is -2.43. The predicted octanol–water partition coefficient (Wildman–Crippen LogP) is 5.97. The third kappa shape index (κ3) is 7.08. The van der Waals surface area contributed by atoms with Crippen molar-refractivity contribution in [2.24, 2.45) is 5.73 Å². The first-order chi connectivity index (χ1) is 10.1. The third-order valence-electron chi connectivity index (χ3n) is 3.04. The summed E-state index contributed by atoms with van der Waals surface area (Å²) in [6.45, 7) is 4.06. The molecule has 0 radical (unpaired) electrons. The van der Waals surface area contributed by atoms with Crippen LogP contribution in [0.1, 0.15) is 27.0 Å². The summed E-state index contributed by atoms with van der Waals surface area (Å²) in [5.41, 5.74) is 6.63. The molecule has 0 atom stereocenters. The molecule has 1 fully saturated rings. The number of halogens is 3. The van der Waals surface area contributed by atoms with Gasteiger partial charge in [0.05, 0.1) is 0 Å². The van der Waals surface area contributed by atoms with Crippen LogP contribution in [-0.4, -0.2) is 21.5 Å². The number of furan rings is 1. The SMILES string of the molecule is CCI.CI.Cc1cc2cc(OC3CC(N)C3)ccc2o1.I.[HH]. The van der Waals surface area contributed by atoms with Gasteiger partial charge in [-0.05, 0) is 53.4 Å². The van der Waals surface area contributed by atoms with Gasteiger partial charge in [0.25, 0.3) is 0 Å². The molecular formula is C16H26I3NO2. The summed E-state index contributed by atoms with van der Waals surface area (Å²) >= 11 is 4.44. The van der Waals surface area contributed by atoms with E-state index in [1.54, 1.807) is 0 Å². The van der Waals surface area contributed by atoms with E-state index in [2.05, 4.69) is 52.1 Å². The highest BCUT2D eigenvalue weighted by atomic mass is 127. The topological polar surface area (TPSA) is 48.4 Å². The summed E-state index contributed by atoms with van der Waals surface area (Å²) in [5, 5.41) is 1.10. The minimum absolute atomic E-state index is 0. The fourth-order valence-corrected chi connectivity index (χ4v) is 2.12. The van der Waals surface area contributed by atoms with Crippen LogP contribution in [0.25, 0.3) is 11.0 Å². The normalized spacial score (nSPS) is 18.8. The lowest BCUT2D eigenvalue weighted by molar-refractivity contribution is 0.101. The Labute approximate surface area is 178 Å². The fraction of sp³-hybridized carbons (Fsp3) is 0.500. The molecule has 0 unspecified atom stereocenters. The Hall–Kier alpha value is 0.710. The molecule has 128 valence electrons. The Morgan fingerprint density at radius 3 is 2.45 bits per heavy atom. The van der Waals surface area contributed by atoms with Gasteiger partial charge in [0.15, 0.2) is 0 Å². The minimum atomic E-state index is 0. The van der Waals surface area contributed by atoms with E-state index in [1.165, 1.54) is 4.43 Å². The van der Waals surface area contributed by atoms with Gasteiger partial charge in [-0.25, -0.2) is 0 Å². The Kier molecular flexibility index (Phi) is 12.5. The Balaban J connectivity index is 0. The van der Waals surface area contributed by atoms with Crippen LogP contribution in [0.5, 0.6) is 5.75 Å². The van der Waals surface area contributed by atoms with E-state index < -0.39 is 0 Å². The number of nitrogens with two attached hydrogens (primary N) is 1. The van der Waals surface area contributed by atoms with Crippen LogP contribution in [0.2, 0.25) is 0 Å². The molecule has 1 heterocycles. The van der Waals surface area contributed by atoms with Crippen LogP contribution < -0.4 is 10.5 Å². The third-order valence-corrected chi connectivity index (χ3v) is 3.04. The molecule has 3 nitrogen and oxygen atoms in total. The second-order valence-electron chi connectivity index (χ2n) is 4.80.